The van der Waals surface area contributed by atoms with Crippen molar-refractivity contribution in [2.24, 2.45) is 0 Å². The molecule has 0 spiro atoms. The number of hydrogen-bond acceptors (Lipinski definition) is 5. The van der Waals surface area contributed by atoms with E-state index >= 15 is 0 Å². The number of aryl methyl sites for hydroxylation is 1. The highest BCUT2D eigenvalue weighted by atomic mass is 16.6. The first-order chi connectivity index (χ1) is 13.0. The van der Waals surface area contributed by atoms with Crippen LogP contribution in [0.2, 0.25) is 0 Å². The van der Waals surface area contributed by atoms with Crippen LogP contribution in [-0.4, -0.2) is 27.2 Å². The third kappa shape index (κ3) is 4.05. The van der Waals surface area contributed by atoms with Gasteiger partial charge in [0.05, 0.1) is 10.6 Å². The Balaban J connectivity index is 2.04. The molecule has 27 heavy (non-hydrogen) atoms. The summed E-state index contributed by atoms with van der Waals surface area (Å²) in [4.78, 5) is 23.3. The van der Waals surface area contributed by atoms with E-state index < -0.39 is 4.92 Å². The summed E-state index contributed by atoms with van der Waals surface area (Å²) in [6, 6.07) is 11.2. The molecule has 0 aliphatic carbocycles. The van der Waals surface area contributed by atoms with E-state index in [1.54, 1.807) is 24.3 Å². The first-order valence-electron chi connectivity index (χ1n) is 8.69. The van der Waals surface area contributed by atoms with Crippen molar-refractivity contribution in [3.63, 3.8) is 0 Å². The smallest absolute Gasteiger partial charge is 0.271 e. The maximum Gasteiger partial charge on any atom is 0.271 e. The van der Waals surface area contributed by atoms with Gasteiger partial charge in [0.2, 0.25) is 0 Å². The van der Waals surface area contributed by atoms with Gasteiger partial charge in [-0.15, -0.1) is 0 Å². The van der Waals surface area contributed by atoms with E-state index in [4.69, 9.17) is 4.42 Å². The first kappa shape index (κ1) is 18.4. The molecule has 0 fully saturated rings. The Bertz CT molecular complexity index is 974. The van der Waals surface area contributed by atoms with Gasteiger partial charge in [0.15, 0.2) is 5.76 Å². The minimum absolute atomic E-state index is 0.0734. The Labute approximate surface area is 156 Å². The molecule has 3 rings (SSSR count). The molecule has 0 unspecified atom stereocenters. The van der Waals surface area contributed by atoms with Crippen molar-refractivity contribution in [1.82, 2.24) is 15.1 Å². The summed E-state index contributed by atoms with van der Waals surface area (Å²) in [6.07, 6.45) is 1.82. The normalized spacial score (nSPS) is 10.7. The number of carbonyl (C=O) groups is 1. The van der Waals surface area contributed by atoms with Crippen molar-refractivity contribution in [3.05, 3.63) is 64.0 Å². The number of nitro benzene ring substituents is 1. The Kier molecular flexibility index (Phi) is 5.35. The fraction of sp³-hybridized carbons (Fsp3) is 0.263. The molecule has 8 heteroatoms. The minimum atomic E-state index is -0.481. The second-order valence-electron chi connectivity index (χ2n) is 6.12. The molecule has 0 bridgehead atoms. The van der Waals surface area contributed by atoms with Crippen LogP contribution in [0.1, 0.15) is 36.0 Å². The minimum Gasteiger partial charge on any atom is -0.460 e. The Morgan fingerprint density at radius 2 is 2.11 bits per heavy atom. The predicted octanol–water partition coefficient (Wildman–Crippen LogP) is 3.88. The Hall–Kier alpha value is -3.42. The topological polar surface area (TPSA) is 103 Å². The second-order valence-corrected chi connectivity index (χ2v) is 6.12. The molecule has 0 saturated carbocycles. The van der Waals surface area contributed by atoms with Crippen molar-refractivity contribution in [2.45, 2.75) is 26.7 Å². The quantitative estimate of drug-likeness (QED) is 0.387. The lowest BCUT2D eigenvalue weighted by Crippen LogP contribution is -2.26. The zero-order valence-corrected chi connectivity index (χ0v) is 15.1. The van der Waals surface area contributed by atoms with Gasteiger partial charge in [-0.2, -0.15) is 5.10 Å². The zero-order chi connectivity index (χ0) is 19.4. The van der Waals surface area contributed by atoms with Crippen molar-refractivity contribution in [2.75, 3.05) is 6.54 Å². The summed E-state index contributed by atoms with van der Waals surface area (Å²) in [7, 11) is 0. The van der Waals surface area contributed by atoms with Crippen LogP contribution >= 0.6 is 0 Å². The van der Waals surface area contributed by atoms with Crippen LogP contribution in [0.3, 0.4) is 0 Å². The van der Waals surface area contributed by atoms with Crippen LogP contribution in [-0.2, 0) is 0 Å². The Morgan fingerprint density at radius 3 is 2.78 bits per heavy atom. The molecule has 2 heterocycles. The number of furan rings is 1. The molecule has 0 atom stereocenters. The number of unbranched alkanes of at least 4 members (excludes halogenated alkanes) is 1. The molecule has 1 amide bonds. The fourth-order valence-electron chi connectivity index (χ4n) is 2.64. The lowest BCUT2D eigenvalue weighted by Gasteiger charge is -2.08. The molecule has 2 aromatic heterocycles. The van der Waals surface area contributed by atoms with E-state index in [-0.39, 0.29) is 17.3 Å². The summed E-state index contributed by atoms with van der Waals surface area (Å²) in [5.41, 5.74) is 1.13. The van der Waals surface area contributed by atoms with Gasteiger partial charge < -0.3 is 9.73 Å². The van der Waals surface area contributed by atoms with Gasteiger partial charge in [-0.05, 0) is 31.5 Å². The number of nitro groups is 1. The zero-order valence-electron chi connectivity index (χ0n) is 15.1. The Morgan fingerprint density at radius 1 is 1.30 bits per heavy atom. The second kappa shape index (κ2) is 7.86. The number of non-ortho nitro benzene ring substituents is 1. The number of carbonyl (C=O) groups excluding carboxylic acids is 1. The maximum absolute atomic E-state index is 12.6. The number of nitrogens with zero attached hydrogens (tertiary/aromatic N) is 3. The van der Waals surface area contributed by atoms with E-state index in [2.05, 4.69) is 10.4 Å². The van der Waals surface area contributed by atoms with Gasteiger partial charge in [0.1, 0.15) is 17.1 Å². The monoisotopic (exact) mass is 368 g/mol. The summed E-state index contributed by atoms with van der Waals surface area (Å²) in [5.74, 6) is 0.958. The third-order valence-corrected chi connectivity index (χ3v) is 4.04. The molecule has 0 aliphatic heterocycles. The van der Waals surface area contributed by atoms with Crippen molar-refractivity contribution in [1.29, 1.82) is 0 Å². The molecule has 8 nitrogen and oxygen atoms in total. The molecule has 0 saturated heterocycles. The molecule has 0 aliphatic rings. The molecule has 3 aromatic rings. The van der Waals surface area contributed by atoms with Crippen molar-refractivity contribution < 1.29 is 14.1 Å². The fourth-order valence-corrected chi connectivity index (χ4v) is 2.64. The van der Waals surface area contributed by atoms with Crippen LogP contribution in [0.15, 0.2) is 46.9 Å². The SMILES string of the molecule is CCCCNC(=O)c1cc(-c2ccc(C)o2)nn1-c1cccc([N+](=O)[O-])c1. The van der Waals surface area contributed by atoms with E-state index in [0.717, 1.165) is 18.6 Å². The summed E-state index contributed by atoms with van der Waals surface area (Å²) in [6.45, 7) is 4.40. The van der Waals surface area contributed by atoms with Crippen LogP contribution < -0.4 is 5.32 Å². The van der Waals surface area contributed by atoms with E-state index in [1.807, 2.05) is 19.9 Å². The van der Waals surface area contributed by atoms with Crippen molar-refractivity contribution >= 4 is 11.6 Å². The predicted molar refractivity (Wildman–Crippen MR) is 99.9 cm³/mol. The summed E-state index contributed by atoms with van der Waals surface area (Å²) >= 11 is 0. The molecule has 1 aromatic carbocycles. The van der Waals surface area contributed by atoms with E-state index in [0.29, 0.717) is 23.7 Å². The lowest BCUT2D eigenvalue weighted by atomic mass is 10.2. The van der Waals surface area contributed by atoms with Crippen LogP contribution in [0.25, 0.3) is 17.1 Å². The molecule has 0 radical (unpaired) electrons. The highest BCUT2D eigenvalue weighted by Crippen LogP contribution is 2.25. The molecule has 1 N–H and O–H groups in total. The average molecular weight is 368 g/mol. The first-order valence-corrected chi connectivity index (χ1v) is 8.69. The van der Waals surface area contributed by atoms with Crippen molar-refractivity contribution in [3.8, 4) is 17.1 Å². The van der Waals surface area contributed by atoms with Crippen LogP contribution in [0.4, 0.5) is 5.69 Å². The summed E-state index contributed by atoms with van der Waals surface area (Å²) < 4.78 is 7.00. The number of nitrogens with one attached hydrogen (secondary N) is 1. The largest absolute Gasteiger partial charge is 0.460 e. The standard InChI is InChI=1S/C19H20N4O4/c1-3-4-10-20-19(24)17-12-16(18-9-8-13(2)27-18)21-22(17)14-6-5-7-15(11-14)23(25)26/h5-9,11-12H,3-4,10H2,1-2H3,(H,20,24). The van der Waals surface area contributed by atoms with Gasteiger partial charge in [-0.3, -0.25) is 14.9 Å². The highest BCUT2D eigenvalue weighted by molar-refractivity contribution is 5.94. The maximum atomic E-state index is 12.6. The number of aromatic nitrogens is 2. The van der Waals surface area contributed by atoms with E-state index in [1.165, 1.54) is 16.8 Å². The molecular formula is C19H20N4O4. The van der Waals surface area contributed by atoms with Crippen LogP contribution in [0, 0.1) is 17.0 Å². The number of rotatable bonds is 7. The van der Waals surface area contributed by atoms with Gasteiger partial charge in [-0.1, -0.05) is 19.4 Å². The summed E-state index contributed by atoms with van der Waals surface area (Å²) in [5, 5.41) is 18.4. The number of hydrogen-bond donors (Lipinski definition) is 1. The van der Waals surface area contributed by atoms with E-state index in [9.17, 15) is 14.9 Å². The van der Waals surface area contributed by atoms with Gasteiger partial charge in [0, 0.05) is 24.7 Å². The van der Waals surface area contributed by atoms with Gasteiger partial charge in [-0.25, -0.2) is 4.68 Å². The number of benzene rings is 1. The highest BCUT2D eigenvalue weighted by Gasteiger charge is 2.20. The molecular weight excluding hydrogens is 348 g/mol. The average Bonchev–Trinajstić information content (AvgIpc) is 3.28. The van der Waals surface area contributed by atoms with Gasteiger partial charge in [0.25, 0.3) is 11.6 Å². The lowest BCUT2D eigenvalue weighted by molar-refractivity contribution is -0.384. The van der Waals surface area contributed by atoms with Crippen LogP contribution in [0.5, 0.6) is 0 Å². The number of amides is 1. The van der Waals surface area contributed by atoms with Gasteiger partial charge >= 0.3 is 0 Å². The molecule has 140 valence electrons. The third-order valence-electron chi connectivity index (χ3n) is 4.04.